The van der Waals surface area contributed by atoms with Crippen molar-refractivity contribution in [2.45, 2.75) is 39.2 Å². The van der Waals surface area contributed by atoms with Crippen LogP contribution in [0.1, 0.15) is 30.7 Å². The molecular weight excluding hydrogens is 713 g/mol. The van der Waals surface area contributed by atoms with Crippen molar-refractivity contribution in [2.24, 2.45) is 21.1 Å². The highest BCUT2D eigenvalue weighted by Crippen LogP contribution is 2.28. The van der Waals surface area contributed by atoms with Crippen molar-refractivity contribution in [1.82, 2.24) is 13.8 Å². The third kappa shape index (κ3) is 9.23. The number of benzene rings is 4. The van der Waals surface area contributed by atoms with Gasteiger partial charge in [0.25, 0.3) is 5.56 Å². The molecule has 0 fully saturated rings. The quantitative estimate of drug-likeness (QED) is 0.113. The molecule has 1 unspecified atom stereocenters. The van der Waals surface area contributed by atoms with Gasteiger partial charge in [-0.1, -0.05) is 67.6 Å². The summed E-state index contributed by atoms with van der Waals surface area (Å²) in [4.78, 5) is 36.5. The molecule has 0 bridgehead atoms. The van der Waals surface area contributed by atoms with Crippen molar-refractivity contribution in [2.75, 3.05) is 7.11 Å². The van der Waals surface area contributed by atoms with Crippen molar-refractivity contribution < 1.29 is 36.9 Å². The summed E-state index contributed by atoms with van der Waals surface area (Å²) in [6, 6.07) is 34.9. The molecule has 4 aromatic carbocycles. The lowest BCUT2D eigenvalue weighted by Gasteiger charge is -2.17. The predicted molar refractivity (Wildman–Crippen MR) is 202 cm³/mol. The molecule has 55 heavy (non-hydrogen) atoms. The summed E-state index contributed by atoms with van der Waals surface area (Å²) in [5.74, 6) is 0.315. The highest BCUT2D eigenvalue weighted by molar-refractivity contribution is 5.74. The van der Waals surface area contributed by atoms with Crippen LogP contribution in [0.4, 0.5) is 13.2 Å². The summed E-state index contributed by atoms with van der Waals surface area (Å²) in [5.41, 5.74) is 3.12. The average molecular weight is 756 g/mol. The van der Waals surface area contributed by atoms with Gasteiger partial charge >= 0.3 is 17.8 Å². The van der Waals surface area contributed by atoms with Crippen molar-refractivity contribution in [3.63, 3.8) is 0 Å². The molecule has 0 aliphatic heterocycles. The molecule has 286 valence electrons. The Balaban J connectivity index is 0.000000254. The number of methoxy groups -OCH3 is 1. The van der Waals surface area contributed by atoms with Crippen LogP contribution in [-0.2, 0) is 49.9 Å². The van der Waals surface area contributed by atoms with E-state index in [-0.39, 0.29) is 12.3 Å². The smallest absolute Gasteiger partial charge is 0.431 e. The van der Waals surface area contributed by atoms with E-state index in [4.69, 9.17) is 14.2 Å². The molecule has 0 N–H and O–H groups in total. The third-order valence-corrected chi connectivity index (χ3v) is 9.04. The molecule has 0 saturated carbocycles. The lowest BCUT2D eigenvalue weighted by atomic mass is 10.1. The van der Waals surface area contributed by atoms with Gasteiger partial charge in [-0.15, -0.1) is 4.68 Å². The molecule has 0 amide bonds. The second kappa shape index (κ2) is 17.2. The third-order valence-electron chi connectivity index (χ3n) is 9.04. The Kier molecular flexibility index (Phi) is 12.4. The number of rotatable bonds is 10. The molecule has 10 nitrogen and oxygen atoms in total. The summed E-state index contributed by atoms with van der Waals surface area (Å²) in [5, 5.41) is 0. The fourth-order valence-corrected chi connectivity index (χ4v) is 5.84. The Morgan fingerprint density at radius 3 is 2.04 bits per heavy atom. The first kappa shape index (κ1) is 39.8. The summed E-state index contributed by atoms with van der Waals surface area (Å²) < 4.78 is 60.8. The molecule has 13 heteroatoms. The summed E-state index contributed by atoms with van der Waals surface area (Å²) in [7, 11) is 6.40. The minimum Gasteiger partial charge on any atom is -0.489 e. The zero-order valence-corrected chi connectivity index (χ0v) is 31.3. The van der Waals surface area contributed by atoms with Crippen LogP contribution in [0.3, 0.4) is 0 Å². The zero-order valence-electron chi connectivity index (χ0n) is 31.3. The standard InChI is InChI=1S/C25H25F3N2O6.C17H17N2/c1-5-16-6-7-17(20(12-16)36-15(2)23(32)34-4)14-35-19-10-8-18(9-11-19)30-22(31)13-21(25(26,27)28)29(3)24(30)33;1-18-16(14-9-5-3-6-10-14)13-17(19(18)2)15-11-7-4-8-12-15/h6-13,15H,5,14H2,1-4H3;3-13H,1-2H3/q;+1. The lowest BCUT2D eigenvalue weighted by Crippen LogP contribution is -2.40. The Morgan fingerprint density at radius 2 is 1.45 bits per heavy atom. The van der Waals surface area contributed by atoms with Crippen LogP contribution >= 0.6 is 0 Å². The maximum Gasteiger partial charge on any atom is 0.431 e. The number of carbonyl (C=O) groups excluding carboxylic acids is 1. The largest absolute Gasteiger partial charge is 0.489 e. The van der Waals surface area contributed by atoms with Gasteiger partial charge in [-0.2, -0.15) is 17.9 Å². The van der Waals surface area contributed by atoms with E-state index < -0.39 is 35.2 Å². The molecule has 2 heterocycles. The number of alkyl halides is 3. The number of hydrogen-bond donors (Lipinski definition) is 0. The fourth-order valence-electron chi connectivity index (χ4n) is 5.84. The zero-order chi connectivity index (χ0) is 39.9. The van der Waals surface area contributed by atoms with Crippen LogP contribution in [0, 0.1) is 0 Å². The van der Waals surface area contributed by atoms with Crippen LogP contribution in [0.15, 0.2) is 125 Å². The normalized spacial score (nSPS) is 11.7. The fraction of sp³-hybridized carbons (Fsp3) is 0.238. The van der Waals surface area contributed by atoms with E-state index in [1.807, 2.05) is 37.3 Å². The van der Waals surface area contributed by atoms with Gasteiger partial charge in [-0.05, 0) is 61.4 Å². The lowest BCUT2D eigenvalue weighted by molar-refractivity contribution is -0.740. The van der Waals surface area contributed by atoms with Crippen LogP contribution in [-0.4, -0.2) is 33.0 Å². The van der Waals surface area contributed by atoms with E-state index in [0.717, 1.165) is 19.0 Å². The summed E-state index contributed by atoms with van der Waals surface area (Å²) >= 11 is 0. The first-order valence-corrected chi connectivity index (χ1v) is 17.4. The number of halogens is 3. The molecule has 2 aromatic heterocycles. The SMILES string of the molecule is CCc1ccc(COc2ccc(-n3c(=O)cc(C(F)(F)F)n(C)c3=O)cc2)c(OC(C)C(=O)OC)c1.Cn1c(-c2ccccc2)cc(-c2ccccc2)[n+]1C. The molecule has 0 saturated heterocycles. The first-order valence-electron chi connectivity index (χ1n) is 17.4. The van der Waals surface area contributed by atoms with E-state index in [1.165, 1.54) is 53.9 Å². The van der Waals surface area contributed by atoms with Crippen LogP contribution in [0.5, 0.6) is 11.5 Å². The van der Waals surface area contributed by atoms with Gasteiger partial charge in [0.05, 0.1) is 19.8 Å². The molecule has 0 spiro atoms. The Labute approximate surface area is 316 Å². The summed E-state index contributed by atoms with van der Waals surface area (Å²) in [6.45, 7) is 3.63. The Bertz CT molecular complexity index is 2310. The minimum absolute atomic E-state index is 0.0779. The molecule has 6 aromatic rings. The monoisotopic (exact) mass is 755 g/mol. The number of hydrogen-bond acceptors (Lipinski definition) is 6. The van der Waals surface area contributed by atoms with Crippen LogP contribution in [0.2, 0.25) is 0 Å². The first-order chi connectivity index (χ1) is 26.2. The summed E-state index contributed by atoms with van der Waals surface area (Å²) in [6.07, 6.45) is -4.91. The van der Waals surface area contributed by atoms with Gasteiger partial charge in [0, 0.05) is 35.9 Å². The Hall–Kier alpha value is -6.37. The van der Waals surface area contributed by atoms with E-state index >= 15 is 0 Å². The Morgan fingerprint density at radius 1 is 0.836 bits per heavy atom. The van der Waals surface area contributed by atoms with E-state index in [9.17, 15) is 27.6 Å². The van der Waals surface area contributed by atoms with E-state index in [2.05, 4.69) is 78.1 Å². The number of nitrogens with zero attached hydrogens (tertiary/aromatic N) is 4. The van der Waals surface area contributed by atoms with Crippen LogP contribution < -0.4 is 25.4 Å². The number of carbonyl (C=O) groups is 1. The molecular formula is C42H42F3N4O6+. The molecule has 0 aliphatic rings. The highest BCUT2D eigenvalue weighted by Gasteiger charge is 2.35. The highest BCUT2D eigenvalue weighted by atomic mass is 19.4. The number of esters is 1. The number of ether oxygens (including phenoxy) is 3. The second-order valence-corrected chi connectivity index (χ2v) is 12.6. The minimum atomic E-state index is -4.84. The molecule has 0 radical (unpaired) electrons. The number of aryl methyl sites for hydroxylation is 1. The van der Waals surface area contributed by atoms with Crippen molar-refractivity contribution >= 4 is 5.97 Å². The van der Waals surface area contributed by atoms with Gasteiger partial charge in [0.15, 0.2) is 13.2 Å². The van der Waals surface area contributed by atoms with Gasteiger partial charge in [0.2, 0.25) is 5.69 Å². The van der Waals surface area contributed by atoms with Gasteiger partial charge in [-0.3, -0.25) is 9.36 Å². The maximum absolute atomic E-state index is 13.1. The van der Waals surface area contributed by atoms with E-state index in [0.29, 0.717) is 32.3 Å². The van der Waals surface area contributed by atoms with Gasteiger partial charge in [-0.25, -0.2) is 14.2 Å². The predicted octanol–water partition coefficient (Wildman–Crippen LogP) is 6.82. The van der Waals surface area contributed by atoms with Gasteiger partial charge < -0.3 is 14.2 Å². The van der Waals surface area contributed by atoms with E-state index in [1.54, 1.807) is 6.92 Å². The van der Waals surface area contributed by atoms with Crippen molar-refractivity contribution in [1.29, 1.82) is 0 Å². The topological polar surface area (TPSA) is 97.6 Å². The van der Waals surface area contributed by atoms with Gasteiger partial charge in [0.1, 0.15) is 29.5 Å². The van der Waals surface area contributed by atoms with Crippen molar-refractivity contribution in [3.8, 4) is 39.7 Å². The van der Waals surface area contributed by atoms with Crippen molar-refractivity contribution in [3.05, 3.63) is 153 Å². The maximum atomic E-state index is 13.1. The molecule has 6 rings (SSSR count). The average Bonchev–Trinajstić information content (AvgIpc) is 3.49. The molecule has 1 atom stereocenters. The molecule has 0 aliphatic carbocycles. The number of aromatic nitrogens is 4. The van der Waals surface area contributed by atoms with Crippen LogP contribution in [0.25, 0.3) is 28.2 Å². The second-order valence-electron chi connectivity index (χ2n) is 12.6.